The highest BCUT2D eigenvalue weighted by atomic mass is 16.5. The summed E-state index contributed by atoms with van der Waals surface area (Å²) in [6.45, 7) is 6.74. The van der Waals surface area contributed by atoms with Crippen LogP contribution in [0.15, 0.2) is 18.2 Å². The smallest absolute Gasteiger partial charge is 0.237 e. The fourth-order valence-corrected chi connectivity index (χ4v) is 3.21. The lowest BCUT2D eigenvalue weighted by atomic mass is 10.1. The second-order valence-electron chi connectivity index (χ2n) is 6.83. The monoisotopic (exact) mass is 363 g/mol. The van der Waals surface area contributed by atoms with Gasteiger partial charge in [0.2, 0.25) is 11.8 Å². The zero-order chi connectivity index (χ0) is 19.1. The average molecular weight is 363 g/mol. The molecule has 1 saturated heterocycles. The first-order chi connectivity index (χ1) is 12.5. The summed E-state index contributed by atoms with van der Waals surface area (Å²) in [4.78, 5) is 26.7. The fourth-order valence-electron chi connectivity index (χ4n) is 3.21. The maximum absolute atomic E-state index is 12.4. The quantitative estimate of drug-likeness (QED) is 0.725. The summed E-state index contributed by atoms with van der Waals surface area (Å²) in [7, 11) is 3.14. The molecule has 0 aliphatic carbocycles. The average Bonchev–Trinajstić information content (AvgIpc) is 2.61. The number of rotatable bonds is 8. The van der Waals surface area contributed by atoms with Gasteiger partial charge >= 0.3 is 0 Å². The first kappa shape index (κ1) is 20.0. The van der Waals surface area contributed by atoms with Crippen molar-refractivity contribution in [3.8, 4) is 11.5 Å². The topological polar surface area (TPSA) is 79.9 Å². The molecule has 1 atom stereocenters. The summed E-state index contributed by atoms with van der Waals surface area (Å²) in [6.07, 6.45) is 0.144. The molecule has 1 heterocycles. The van der Waals surface area contributed by atoms with E-state index in [0.717, 1.165) is 18.7 Å². The number of hydrogen-bond donors (Lipinski definition) is 2. The highest BCUT2D eigenvalue weighted by molar-refractivity contribution is 5.88. The maximum atomic E-state index is 12.4. The van der Waals surface area contributed by atoms with Crippen LogP contribution in [0.25, 0.3) is 0 Å². The number of nitrogens with one attached hydrogen (secondary N) is 2. The molecule has 0 spiro atoms. The molecule has 0 aromatic heterocycles. The van der Waals surface area contributed by atoms with E-state index in [2.05, 4.69) is 29.4 Å². The van der Waals surface area contributed by atoms with Gasteiger partial charge < -0.3 is 20.1 Å². The second-order valence-corrected chi connectivity index (χ2v) is 6.83. The predicted molar refractivity (Wildman–Crippen MR) is 99.2 cm³/mol. The molecule has 2 N–H and O–H groups in total. The Bertz CT molecular complexity index is 633. The van der Waals surface area contributed by atoms with Gasteiger partial charge in [-0.15, -0.1) is 0 Å². The van der Waals surface area contributed by atoms with E-state index in [0.29, 0.717) is 30.5 Å². The summed E-state index contributed by atoms with van der Waals surface area (Å²) >= 11 is 0. The zero-order valence-electron chi connectivity index (χ0n) is 16.0. The standard InChI is InChI=1S/C19H29N3O4/c1-13(2)12-22-9-8-20-19(24)15(22)10-17(23)21-11-14-6-5-7-16(25-3)18(14)26-4/h5-7,13,15H,8-12H2,1-4H3,(H,20,24)(H,21,23)/t15-/m1/s1. The van der Waals surface area contributed by atoms with E-state index in [1.54, 1.807) is 20.3 Å². The van der Waals surface area contributed by atoms with Crippen LogP contribution in [0.1, 0.15) is 25.8 Å². The van der Waals surface area contributed by atoms with Crippen molar-refractivity contribution in [3.63, 3.8) is 0 Å². The summed E-state index contributed by atoms with van der Waals surface area (Å²) in [5.74, 6) is 1.42. The summed E-state index contributed by atoms with van der Waals surface area (Å²) in [5.41, 5.74) is 0.826. The molecule has 1 aliphatic heterocycles. The lowest BCUT2D eigenvalue weighted by Gasteiger charge is -2.35. The van der Waals surface area contributed by atoms with E-state index in [9.17, 15) is 9.59 Å². The van der Waals surface area contributed by atoms with Crippen LogP contribution in [0.3, 0.4) is 0 Å². The van der Waals surface area contributed by atoms with Gasteiger partial charge in [-0.2, -0.15) is 0 Å². The van der Waals surface area contributed by atoms with Crippen LogP contribution >= 0.6 is 0 Å². The van der Waals surface area contributed by atoms with E-state index in [1.165, 1.54) is 0 Å². The third-order valence-electron chi connectivity index (χ3n) is 4.38. The zero-order valence-corrected chi connectivity index (χ0v) is 16.0. The van der Waals surface area contributed by atoms with Crippen molar-refractivity contribution in [2.45, 2.75) is 32.9 Å². The van der Waals surface area contributed by atoms with Gasteiger partial charge in [-0.3, -0.25) is 14.5 Å². The van der Waals surface area contributed by atoms with Crippen LogP contribution in [0.4, 0.5) is 0 Å². The largest absolute Gasteiger partial charge is 0.493 e. The van der Waals surface area contributed by atoms with E-state index in [4.69, 9.17) is 9.47 Å². The van der Waals surface area contributed by atoms with Gasteiger partial charge in [0.25, 0.3) is 0 Å². The van der Waals surface area contributed by atoms with Crippen molar-refractivity contribution in [3.05, 3.63) is 23.8 Å². The Morgan fingerprint density at radius 1 is 1.35 bits per heavy atom. The van der Waals surface area contributed by atoms with E-state index >= 15 is 0 Å². The minimum absolute atomic E-state index is 0.0778. The van der Waals surface area contributed by atoms with Crippen molar-refractivity contribution >= 4 is 11.8 Å². The van der Waals surface area contributed by atoms with Crippen LogP contribution in [0.5, 0.6) is 11.5 Å². The van der Waals surface area contributed by atoms with Crippen molar-refractivity contribution in [2.75, 3.05) is 33.9 Å². The van der Waals surface area contributed by atoms with Gasteiger partial charge in [-0.05, 0) is 12.0 Å². The minimum atomic E-state index is -0.418. The van der Waals surface area contributed by atoms with Gasteiger partial charge in [0.05, 0.1) is 26.7 Å². The van der Waals surface area contributed by atoms with Gasteiger partial charge in [-0.25, -0.2) is 0 Å². The molecule has 0 bridgehead atoms. The number of carbonyl (C=O) groups is 2. The third kappa shape index (κ3) is 5.11. The van der Waals surface area contributed by atoms with Gasteiger partial charge in [0, 0.05) is 31.7 Å². The van der Waals surface area contributed by atoms with Crippen molar-refractivity contribution in [1.29, 1.82) is 0 Å². The number of benzene rings is 1. The Hall–Kier alpha value is -2.28. The molecule has 1 fully saturated rings. The predicted octanol–water partition coefficient (Wildman–Crippen LogP) is 1.17. The fraction of sp³-hybridized carbons (Fsp3) is 0.579. The van der Waals surface area contributed by atoms with Crippen LogP contribution in [-0.4, -0.2) is 56.6 Å². The molecule has 0 saturated carbocycles. The Morgan fingerprint density at radius 2 is 2.12 bits per heavy atom. The summed E-state index contributed by atoms with van der Waals surface area (Å²) < 4.78 is 10.7. The highest BCUT2D eigenvalue weighted by Crippen LogP contribution is 2.30. The van der Waals surface area contributed by atoms with Crippen LogP contribution < -0.4 is 20.1 Å². The molecule has 1 aromatic rings. The van der Waals surface area contributed by atoms with E-state index in [-0.39, 0.29) is 18.2 Å². The van der Waals surface area contributed by atoms with Crippen molar-refractivity contribution < 1.29 is 19.1 Å². The molecule has 26 heavy (non-hydrogen) atoms. The normalized spacial score (nSPS) is 17.7. The molecule has 1 aromatic carbocycles. The number of carbonyl (C=O) groups excluding carboxylic acids is 2. The molecule has 1 aliphatic rings. The first-order valence-corrected chi connectivity index (χ1v) is 8.94. The van der Waals surface area contributed by atoms with Crippen LogP contribution in [0, 0.1) is 5.92 Å². The Kier molecular flexibility index (Phi) is 7.26. The highest BCUT2D eigenvalue weighted by Gasteiger charge is 2.31. The minimum Gasteiger partial charge on any atom is -0.493 e. The number of para-hydroxylation sites is 1. The molecule has 7 heteroatoms. The van der Waals surface area contributed by atoms with Crippen LogP contribution in [0.2, 0.25) is 0 Å². The lowest BCUT2D eigenvalue weighted by Crippen LogP contribution is -2.57. The first-order valence-electron chi connectivity index (χ1n) is 8.94. The molecule has 144 valence electrons. The van der Waals surface area contributed by atoms with Crippen molar-refractivity contribution in [2.24, 2.45) is 5.92 Å². The number of amides is 2. The molecule has 2 amide bonds. The van der Waals surface area contributed by atoms with E-state index < -0.39 is 6.04 Å². The van der Waals surface area contributed by atoms with Crippen molar-refractivity contribution in [1.82, 2.24) is 15.5 Å². The summed E-state index contributed by atoms with van der Waals surface area (Å²) in [6, 6.07) is 5.11. The van der Waals surface area contributed by atoms with Gasteiger partial charge in [0.1, 0.15) is 0 Å². The maximum Gasteiger partial charge on any atom is 0.237 e. The Morgan fingerprint density at radius 3 is 2.77 bits per heavy atom. The number of hydrogen-bond acceptors (Lipinski definition) is 5. The molecular formula is C19H29N3O4. The van der Waals surface area contributed by atoms with Gasteiger partial charge in [-0.1, -0.05) is 26.0 Å². The third-order valence-corrected chi connectivity index (χ3v) is 4.38. The molecule has 0 radical (unpaired) electrons. The number of ether oxygens (including phenoxy) is 2. The second kappa shape index (κ2) is 9.43. The SMILES string of the molecule is COc1cccc(CNC(=O)C[C@@H]2C(=O)NCCN2CC(C)C)c1OC. The number of nitrogens with zero attached hydrogens (tertiary/aromatic N) is 1. The Balaban J connectivity index is 1.98. The number of piperazine rings is 1. The molecule has 7 nitrogen and oxygen atoms in total. The summed E-state index contributed by atoms with van der Waals surface area (Å²) in [5, 5.41) is 5.74. The molecule has 2 rings (SSSR count). The van der Waals surface area contributed by atoms with Crippen LogP contribution in [-0.2, 0) is 16.1 Å². The van der Waals surface area contributed by atoms with Gasteiger partial charge in [0.15, 0.2) is 11.5 Å². The number of methoxy groups -OCH3 is 2. The lowest BCUT2D eigenvalue weighted by molar-refractivity contribution is -0.134. The molecular weight excluding hydrogens is 334 g/mol. The molecule has 0 unspecified atom stereocenters. The Labute approximate surface area is 155 Å². The van der Waals surface area contributed by atoms with E-state index in [1.807, 2.05) is 12.1 Å².